The summed E-state index contributed by atoms with van der Waals surface area (Å²) in [6, 6.07) is 9.50. The Labute approximate surface area is 197 Å². The van der Waals surface area contributed by atoms with Crippen molar-refractivity contribution in [3.63, 3.8) is 0 Å². The molecule has 7 nitrogen and oxygen atoms in total. The summed E-state index contributed by atoms with van der Waals surface area (Å²) < 4.78 is 10.7. The topological polar surface area (TPSA) is 111 Å². The average molecular weight is 483 g/mol. The number of hydrogen-bond acceptors (Lipinski definition) is 6. The Kier molecular flexibility index (Phi) is 10.6. The van der Waals surface area contributed by atoms with Crippen molar-refractivity contribution in [1.82, 2.24) is 5.32 Å². The molecule has 0 unspecified atom stereocenters. The maximum absolute atomic E-state index is 12.9. The van der Waals surface area contributed by atoms with Crippen molar-refractivity contribution < 1.29 is 24.2 Å². The van der Waals surface area contributed by atoms with Crippen LogP contribution < -0.4 is 15.8 Å². The standard InChI is InChI=1S/C23H28Cl2N2O5/c1-2-31-23(30)18(13-15-9-5-3-6-10-15)27-22(29)16-14-17(24)21(19(25)20(16)28)32-12-8-4-7-11-26/h3,5-6,9-10,14,18,28H,2,4,7-8,11-13,26H2,1H3,(H,27,29)/t18-/m1/s1. The van der Waals surface area contributed by atoms with Crippen LogP contribution in [0.4, 0.5) is 0 Å². The van der Waals surface area contributed by atoms with Gasteiger partial charge in [0.25, 0.3) is 5.91 Å². The summed E-state index contributed by atoms with van der Waals surface area (Å²) in [6.45, 7) is 2.79. The van der Waals surface area contributed by atoms with Gasteiger partial charge in [0.1, 0.15) is 11.1 Å². The van der Waals surface area contributed by atoms with Gasteiger partial charge < -0.3 is 25.6 Å². The molecule has 0 aliphatic carbocycles. The quantitative estimate of drug-likeness (QED) is 0.310. The molecule has 0 heterocycles. The van der Waals surface area contributed by atoms with Crippen molar-refractivity contribution in [2.24, 2.45) is 5.73 Å². The van der Waals surface area contributed by atoms with E-state index in [1.54, 1.807) is 6.92 Å². The minimum atomic E-state index is -0.958. The van der Waals surface area contributed by atoms with Gasteiger partial charge in [0.15, 0.2) is 11.5 Å². The summed E-state index contributed by atoms with van der Waals surface area (Å²) in [5.74, 6) is -1.68. The molecular weight excluding hydrogens is 455 g/mol. The monoisotopic (exact) mass is 482 g/mol. The van der Waals surface area contributed by atoms with Gasteiger partial charge in [0.05, 0.1) is 23.8 Å². The van der Waals surface area contributed by atoms with E-state index < -0.39 is 23.7 Å². The van der Waals surface area contributed by atoms with Crippen LogP contribution in [-0.4, -0.2) is 42.8 Å². The molecular formula is C23H28Cl2N2O5. The van der Waals surface area contributed by atoms with Gasteiger partial charge in [-0.25, -0.2) is 4.79 Å². The summed E-state index contributed by atoms with van der Waals surface area (Å²) in [5.41, 5.74) is 6.13. The fourth-order valence-electron chi connectivity index (χ4n) is 3.02. The largest absolute Gasteiger partial charge is 0.505 e. The summed E-state index contributed by atoms with van der Waals surface area (Å²) in [7, 11) is 0. The number of hydrogen-bond donors (Lipinski definition) is 3. The molecule has 0 saturated carbocycles. The summed E-state index contributed by atoms with van der Waals surface area (Å²) in [6.07, 6.45) is 2.72. The number of aromatic hydroxyl groups is 1. The van der Waals surface area contributed by atoms with Crippen LogP contribution >= 0.6 is 23.2 Å². The lowest BCUT2D eigenvalue weighted by molar-refractivity contribution is -0.145. The number of amides is 1. The fourth-order valence-corrected chi connectivity index (χ4v) is 3.58. The highest BCUT2D eigenvalue weighted by atomic mass is 35.5. The maximum atomic E-state index is 12.9. The zero-order valence-electron chi connectivity index (χ0n) is 17.9. The summed E-state index contributed by atoms with van der Waals surface area (Å²) in [5, 5.41) is 13.0. The van der Waals surface area contributed by atoms with Crippen molar-refractivity contribution >= 4 is 35.1 Å². The van der Waals surface area contributed by atoms with Gasteiger partial charge in [-0.3, -0.25) is 4.79 Å². The number of nitrogens with two attached hydrogens (primary N) is 1. The Bertz CT molecular complexity index is 909. The molecule has 2 rings (SSSR count). The van der Waals surface area contributed by atoms with E-state index in [0.717, 1.165) is 24.8 Å². The highest BCUT2D eigenvalue weighted by Crippen LogP contribution is 2.42. The normalized spacial score (nSPS) is 11.6. The average Bonchev–Trinajstić information content (AvgIpc) is 2.78. The first-order valence-corrected chi connectivity index (χ1v) is 11.2. The molecule has 0 aromatic heterocycles. The number of unbranched alkanes of at least 4 members (excludes halogenated alkanes) is 2. The van der Waals surface area contributed by atoms with Crippen LogP contribution in [0.1, 0.15) is 42.1 Å². The van der Waals surface area contributed by atoms with Crippen molar-refractivity contribution in [2.75, 3.05) is 19.8 Å². The SMILES string of the molecule is CCOC(=O)[C@@H](Cc1ccccc1)NC(=O)c1cc(Cl)c(OCCCCCN)c(Cl)c1O. The first kappa shape index (κ1) is 25.8. The molecule has 0 radical (unpaired) electrons. The predicted molar refractivity (Wildman–Crippen MR) is 125 cm³/mol. The maximum Gasteiger partial charge on any atom is 0.328 e. The number of phenolic OH excluding ortho intramolecular Hbond substituents is 1. The van der Waals surface area contributed by atoms with Crippen LogP contribution in [0.15, 0.2) is 36.4 Å². The Hall–Kier alpha value is -2.48. The van der Waals surface area contributed by atoms with Gasteiger partial charge in [-0.05, 0) is 44.4 Å². The Morgan fingerprint density at radius 2 is 1.88 bits per heavy atom. The van der Waals surface area contributed by atoms with Crippen molar-refractivity contribution in [2.45, 2.75) is 38.6 Å². The van der Waals surface area contributed by atoms with Gasteiger partial charge in [0, 0.05) is 6.42 Å². The molecule has 0 aliphatic rings. The van der Waals surface area contributed by atoms with Crippen LogP contribution in [0.3, 0.4) is 0 Å². The molecule has 2 aromatic carbocycles. The first-order valence-electron chi connectivity index (χ1n) is 10.4. The number of nitrogens with one attached hydrogen (secondary N) is 1. The van der Waals surface area contributed by atoms with Crippen LogP contribution in [0.25, 0.3) is 0 Å². The number of phenols is 1. The zero-order valence-corrected chi connectivity index (χ0v) is 19.4. The lowest BCUT2D eigenvalue weighted by atomic mass is 10.1. The number of ether oxygens (including phenoxy) is 2. The van der Waals surface area contributed by atoms with Crippen molar-refractivity contribution in [3.8, 4) is 11.5 Å². The molecule has 32 heavy (non-hydrogen) atoms. The van der Waals surface area contributed by atoms with E-state index in [4.69, 9.17) is 38.4 Å². The highest BCUT2D eigenvalue weighted by Gasteiger charge is 2.27. The molecule has 1 amide bonds. The minimum Gasteiger partial charge on any atom is -0.505 e. The van der Waals surface area contributed by atoms with Crippen molar-refractivity contribution in [1.29, 1.82) is 0 Å². The summed E-state index contributed by atoms with van der Waals surface area (Å²) >= 11 is 12.5. The predicted octanol–water partition coefficient (Wildman–Crippen LogP) is 4.11. The third kappa shape index (κ3) is 7.29. The molecule has 174 valence electrons. The molecule has 2 aromatic rings. The molecule has 0 aliphatic heterocycles. The van der Waals surface area contributed by atoms with Gasteiger partial charge in [-0.2, -0.15) is 0 Å². The zero-order chi connectivity index (χ0) is 23.5. The van der Waals surface area contributed by atoms with E-state index in [9.17, 15) is 14.7 Å². The van der Waals surface area contributed by atoms with E-state index in [0.29, 0.717) is 13.2 Å². The molecule has 0 saturated heterocycles. The van der Waals surface area contributed by atoms with E-state index >= 15 is 0 Å². The Balaban J connectivity index is 2.17. The second kappa shape index (κ2) is 13.2. The smallest absolute Gasteiger partial charge is 0.328 e. The van der Waals surface area contributed by atoms with Gasteiger partial charge in [-0.15, -0.1) is 0 Å². The van der Waals surface area contributed by atoms with Crippen LogP contribution in [0.2, 0.25) is 10.0 Å². The number of esters is 1. The van der Waals surface area contributed by atoms with Gasteiger partial charge >= 0.3 is 5.97 Å². The third-order valence-electron chi connectivity index (χ3n) is 4.65. The number of carbonyl (C=O) groups excluding carboxylic acids is 2. The molecule has 9 heteroatoms. The first-order chi connectivity index (χ1) is 15.4. The molecule has 0 spiro atoms. The number of carbonyl (C=O) groups is 2. The highest BCUT2D eigenvalue weighted by molar-refractivity contribution is 6.39. The minimum absolute atomic E-state index is 0.0764. The fraction of sp³-hybridized carbons (Fsp3) is 0.391. The Morgan fingerprint density at radius 1 is 1.16 bits per heavy atom. The lowest BCUT2D eigenvalue weighted by Gasteiger charge is -2.19. The molecule has 0 fully saturated rings. The van der Waals surface area contributed by atoms with E-state index in [1.807, 2.05) is 30.3 Å². The number of halogens is 2. The number of rotatable bonds is 12. The van der Waals surface area contributed by atoms with Gasteiger partial charge in [0.2, 0.25) is 0 Å². The van der Waals surface area contributed by atoms with E-state index in [2.05, 4.69) is 5.32 Å². The Morgan fingerprint density at radius 3 is 2.53 bits per heavy atom. The lowest BCUT2D eigenvalue weighted by Crippen LogP contribution is -2.43. The second-order valence-corrected chi connectivity index (χ2v) is 7.85. The molecule has 0 bridgehead atoms. The summed E-state index contributed by atoms with van der Waals surface area (Å²) in [4.78, 5) is 25.3. The van der Waals surface area contributed by atoms with Crippen molar-refractivity contribution in [3.05, 3.63) is 57.6 Å². The van der Waals surface area contributed by atoms with Crippen LogP contribution in [0.5, 0.6) is 11.5 Å². The number of benzene rings is 2. The second-order valence-electron chi connectivity index (χ2n) is 7.06. The van der Waals surface area contributed by atoms with E-state index in [-0.39, 0.29) is 34.4 Å². The third-order valence-corrected chi connectivity index (χ3v) is 5.28. The van der Waals surface area contributed by atoms with E-state index in [1.165, 1.54) is 6.07 Å². The van der Waals surface area contributed by atoms with Gasteiger partial charge in [-0.1, -0.05) is 53.5 Å². The van der Waals surface area contributed by atoms with Crippen LogP contribution in [-0.2, 0) is 16.0 Å². The molecule has 1 atom stereocenters. The molecule has 4 N–H and O–H groups in total. The van der Waals surface area contributed by atoms with Crippen LogP contribution in [0, 0.1) is 0 Å².